The fourth-order valence-electron chi connectivity index (χ4n) is 4.03. The fraction of sp³-hybridized carbons (Fsp3) is 0.259. The van der Waals surface area contributed by atoms with Crippen molar-refractivity contribution >= 4 is 17.6 Å². The van der Waals surface area contributed by atoms with Crippen LogP contribution in [0.4, 0.5) is 10.5 Å². The number of Topliss-reactive ketones (excluding diaryl/α,β-unsaturated/α-hetero) is 1. The van der Waals surface area contributed by atoms with Crippen molar-refractivity contribution in [1.82, 2.24) is 4.90 Å². The third-order valence-corrected chi connectivity index (χ3v) is 5.82. The summed E-state index contributed by atoms with van der Waals surface area (Å²) < 4.78 is 10.9. The number of piperidine rings is 1. The Bertz CT molecular complexity index is 1090. The first-order chi connectivity index (χ1) is 16.1. The van der Waals surface area contributed by atoms with Crippen LogP contribution in [0.15, 0.2) is 78.9 Å². The summed E-state index contributed by atoms with van der Waals surface area (Å²) in [5.41, 5.74) is 3.34. The van der Waals surface area contributed by atoms with Crippen LogP contribution in [0.25, 0.3) is 11.1 Å². The zero-order valence-electron chi connectivity index (χ0n) is 18.7. The molecule has 1 fully saturated rings. The van der Waals surface area contributed by atoms with Crippen LogP contribution in [0, 0.1) is 0 Å². The number of rotatable bonds is 7. The van der Waals surface area contributed by atoms with Crippen LogP contribution < -0.4 is 10.1 Å². The SMILES string of the molecule is COc1cccc(C(=O)CN2CCC(OC(=O)Nc3ccccc3-c3ccccc3)CC2)c1. The van der Waals surface area contributed by atoms with Gasteiger partial charge in [0.25, 0.3) is 0 Å². The van der Waals surface area contributed by atoms with Crippen LogP contribution in [-0.2, 0) is 4.74 Å². The van der Waals surface area contributed by atoms with Gasteiger partial charge in [0.05, 0.1) is 19.3 Å². The molecule has 0 spiro atoms. The van der Waals surface area contributed by atoms with E-state index in [0.717, 1.165) is 16.8 Å². The van der Waals surface area contributed by atoms with Crippen LogP contribution in [0.3, 0.4) is 0 Å². The predicted molar refractivity (Wildman–Crippen MR) is 129 cm³/mol. The molecular formula is C27H28N2O4. The van der Waals surface area contributed by atoms with Gasteiger partial charge in [-0.2, -0.15) is 0 Å². The molecule has 0 radical (unpaired) electrons. The molecule has 6 nitrogen and oxygen atoms in total. The number of nitrogens with zero attached hydrogens (tertiary/aromatic N) is 1. The van der Waals surface area contributed by atoms with Crippen molar-refractivity contribution in [2.45, 2.75) is 18.9 Å². The molecule has 170 valence electrons. The number of methoxy groups -OCH3 is 1. The third kappa shape index (κ3) is 5.99. The summed E-state index contributed by atoms with van der Waals surface area (Å²) in [5.74, 6) is 0.733. The topological polar surface area (TPSA) is 67.9 Å². The van der Waals surface area contributed by atoms with E-state index in [9.17, 15) is 9.59 Å². The number of amides is 1. The smallest absolute Gasteiger partial charge is 0.411 e. The summed E-state index contributed by atoms with van der Waals surface area (Å²) in [7, 11) is 1.59. The van der Waals surface area contributed by atoms with Crippen molar-refractivity contribution in [2.75, 3.05) is 32.1 Å². The third-order valence-electron chi connectivity index (χ3n) is 5.82. The fourth-order valence-corrected chi connectivity index (χ4v) is 4.03. The maximum absolute atomic E-state index is 12.6. The van der Waals surface area contributed by atoms with E-state index in [1.165, 1.54) is 0 Å². The average Bonchev–Trinajstić information content (AvgIpc) is 2.86. The Morgan fingerprint density at radius 3 is 2.42 bits per heavy atom. The molecule has 6 heteroatoms. The van der Waals surface area contributed by atoms with Crippen LogP contribution in [-0.4, -0.2) is 49.6 Å². The van der Waals surface area contributed by atoms with Gasteiger partial charge in [-0.3, -0.25) is 15.0 Å². The highest BCUT2D eigenvalue weighted by atomic mass is 16.6. The summed E-state index contributed by atoms with van der Waals surface area (Å²) in [4.78, 5) is 27.3. The van der Waals surface area contributed by atoms with Crippen LogP contribution >= 0.6 is 0 Å². The minimum Gasteiger partial charge on any atom is -0.497 e. The molecule has 1 aliphatic heterocycles. The van der Waals surface area contributed by atoms with E-state index in [1.807, 2.05) is 66.7 Å². The number of hydrogen-bond acceptors (Lipinski definition) is 5. The average molecular weight is 445 g/mol. The number of carbonyl (C=O) groups is 2. The Balaban J connectivity index is 1.27. The molecule has 1 saturated heterocycles. The number of anilines is 1. The van der Waals surface area contributed by atoms with E-state index in [-0.39, 0.29) is 11.9 Å². The zero-order valence-corrected chi connectivity index (χ0v) is 18.7. The maximum Gasteiger partial charge on any atom is 0.411 e. The minimum atomic E-state index is -0.454. The van der Waals surface area contributed by atoms with E-state index >= 15 is 0 Å². The molecule has 0 aromatic heterocycles. The number of ether oxygens (including phenoxy) is 2. The second-order valence-corrected chi connectivity index (χ2v) is 8.07. The largest absolute Gasteiger partial charge is 0.497 e. The number of carbonyl (C=O) groups excluding carboxylic acids is 2. The molecule has 0 aliphatic carbocycles. The Morgan fingerprint density at radius 2 is 1.67 bits per heavy atom. The molecule has 3 aromatic rings. The van der Waals surface area contributed by atoms with Crippen LogP contribution in [0.5, 0.6) is 5.75 Å². The van der Waals surface area contributed by atoms with Crippen molar-refractivity contribution < 1.29 is 19.1 Å². The first-order valence-corrected chi connectivity index (χ1v) is 11.1. The van der Waals surface area contributed by atoms with E-state index in [0.29, 0.717) is 43.8 Å². The molecular weight excluding hydrogens is 416 g/mol. The van der Waals surface area contributed by atoms with E-state index in [1.54, 1.807) is 19.2 Å². The number of benzene rings is 3. The number of para-hydroxylation sites is 1. The lowest BCUT2D eigenvalue weighted by atomic mass is 10.0. The van der Waals surface area contributed by atoms with Crippen molar-refractivity contribution in [2.24, 2.45) is 0 Å². The number of ketones is 1. The summed E-state index contributed by atoms with van der Waals surface area (Å²) in [6.45, 7) is 1.75. The Morgan fingerprint density at radius 1 is 0.939 bits per heavy atom. The lowest BCUT2D eigenvalue weighted by Gasteiger charge is -2.31. The summed E-state index contributed by atoms with van der Waals surface area (Å²) in [6.07, 6.45) is 0.763. The van der Waals surface area contributed by atoms with Gasteiger partial charge in [-0.15, -0.1) is 0 Å². The van der Waals surface area contributed by atoms with Crippen molar-refractivity contribution in [3.8, 4) is 16.9 Å². The van der Waals surface area contributed by atoms with Crippen molar-refractivity contribution in [3.63, 3.8) is 0 Å². The second-order valence-electron chi connectivity index (χ2n) is 8.07. The van der Waals surface area contributed by atoms with Crippen molar-refractivity contribution in [1.29, 1.82) is 0 Å². The Labute approximate surface area is 194 Å². The number of nitrogens with one attached hydrogen (secondary N) is 1. The quantitative estimate of drug-likeness (QED) is 0.504. The first kappa shape index (κ1) is 22.6. The van der Waals surface area contributed by atoms with Gasteiger partial charge in [0.15, 0.2) is 5.78 Å². The van der Waals surface area contributed by atoms with Crippen LogP contribution in [0.2, 0.25) is 0 Å². The highest BCUT2D eigenvalue weighted by Gasteiger charge is 2.24. The van der Waals surface area contributed by atoms with Gasteiger partial charge in [-0.25, -0.2) is 4.79 Å². The monoisotopic (exact) mass is 444 g/mol. The number of likely N-dealkylation sites (tertiary alicyclic amines) is 1. The van der Waals surface area contributed by atoms with Gasteiger partial charge < -0.3 is 9.47 Å². The Kier molecular flexibility index (Phi) is 7.37. The molecule has 3 aromatic carbocycles. The van der Waals surface area contributed by atoms with Gasteiger partial charge in [0.2, 0.25) is 0 Å². The standard InChI is InChI=1S/C27H28N2O4/c1-32-23-11-7-10-21(18-23)26(30)19-29-16-14-22(15-17-29)33-27(31)28-25-13-6-5-12-24(25)20-8-3-2-4-9-20/h2-13,18,22H,14-17,19H2,1H3,(H,28,31). The molecule has 4 rings (SSSR count). The molecule has 33 heavy (non-hydrogen) atoms. The molecule has 1 heterocycles. The molecule has 1 aliphatic rings. The summed E-state index contributed by atoms with van der Waals surface area (Å²) in [6, 6.07) is 24.8. The minimum absolute atomic E-state index is 0.0588. The molecule has 0 bridgehead atoms. The van der Waals surface area contributed by atoms with Crippen LogP contribution in [0.1, 0.15) is 23.2 Å². The zero-order chi connectivity index (χ0) is 23.0. The van der Waals surface area contributed by atoms with Gasteiger partial charge in [0.1, 0.15) is 11.9 Å². The Hall–Kier alpha value is -3.64. The van der Waals surface area contributed by atoms with Crippen molar-refractivity contribution in [3.05, 3.63) is 84.4 Å². The second kappa shape index (κ2) is 10.8. The molecule has 1 amide bonds. The predicted octanol–water partition coefficient (Wildman–Crippen LogP) is 5.26. The molecule has 0 saturated carbocycles. The van der Waals surface area contributed by atoms with Gasteiger partial charge >= 0.3 is 6.09 Å². The first-order valence-electron chi connectivity index (χ1n) is 11.1. The summed E-state index contributed by atoms with van der Waals surface area (Å²) >= 11 is 0. The van der Waals surface area contributed by atoms with Gasteiger partial charge in [0, 0.05) is 24.2 Å². The van der Waals surface area contributed by atoms with E-state index < -0.39 is 6.09 Å². The van der Waals surface area contributed by atoms with Gasteiger partial charge in [-0.1, -0.05) is 60.7 Å². The highest BCUT2D eigenvalue weighted by molar-refractivity contribution is 5.98. The lowest BCUT2D eigenvalue weighted by Crippen LogP contribution is -2.40. The number of hydrogen-bond donors (Lipinski definition) is 1. The molecule has 0 unspecified atom stereocenters. The maximum atomic E-state index is 12.6. The highest BCUT2D eigenvalue weighted by Crippen LogP contribution is 2.28. The van der Waals surface area contributed by atoms with E-state index in [4.69, 9.17) is 9.47 Å². The molecule has 0 atom stereocenters. The normalized spacial score (nSPS) is 14.5. The van der Waals surface area contributed by atoms with E-state index in [2.05, 4.69) is 10.2 Å². The molecule has 1 N–H and O–H groups in total. The van der Waals surface area contributed by atoms with Gasteiger partial charge in [-0.05, 0) is 36.6 Å². The lowest BCUT2D eigenvalue weighted by molar-refractivity contribution is 0.0556. The summed E-state index contributed by atoms with van der Waals surface area (Å²) in [5, 5.41) is 2.89.